The fourth-order valence-corrected chi connectivity index (χ4v) is 1.56. The van der Waals surface area contributed by atoms with E-state index in [9.17, 15) is 0 Å². The molecule has 4 nitrogen and oxygen atoms in total. The molecule has 86 valence electrons. The van der Waals surface area contributed by atoms with Crippen LogP contribution < -0.4 is 10.1 Å². The lowest BCUT2D eigenvalue weighted by Crippen LogP contribution is -2.29. The number of ether oxygens (including phenoxy) is 1. The van der Waals surface area contributed by atoms with Crippen LogP contribution in [0, 0.1) is 11.3 Å². The molecular weight excluding hydrogens is 214 g/mol. The summed E-state index contributed by atoms with van der Waals surface area (Å²) in [7, 11) is 1.74. The molecule has 1 unspecified atom stereocenters. The number of benzene rings is 1. The minimum atomic E-state index is -0.304. The maximum Gasteiger partial charge on any atom is 0.129 e. The van der Waals surface area contributed by atoms with Crippen molar-refractivity contribution in [3.8, 4) is 11.8 Å². The van der Waals surface area contributed by atoms with Gasteiger partial charge in [0.2, 0.25) is 0 Å². The zero-order chi connectivity index (χ0) is 12.1. The molecule has 0 aliphatic rings. The van der Waals surface area contributed by atoms with E-state index in [1.807, 2.05) is 30.3 Å². The molecule has 1 atom stereocenters. The molecule has 2 rings (SSSR count). The summed E-state index contributed by atoms with van der Waals surface area (Å²) in [5.74, 6) is 0.756. The van der Waals surface area contributed by atoms with Gasteiger partial charge in [0.15, 0.2) is 0 Å². The normalized spacial score (nSPS) is 12.0. The Morgan fingerprint density at radius 3 is 3.06 bits per heavy atom. The first kappa shape index (κ1) is 11.4. The molecule has 1 aromatic heterocycles. The zero-order valence-corrected chi connectivity index (χ0v) is 9.55. The van der Waals surface area contributed by atoms with Gasteiger partial charge in [0, 0.05) is 11.6 Å². The number of hydrogen-bond donors (Lipinski definition) is 1. The van der Waals surface area contributed by atoms with E-state index in [0.717, 1.165) is 16.7 Å². The molecule has 0 fully saturated rings. The van der Waals surface area contributed by atoms with Crippen LogP contribution in [0.5, 0.6) is 5.75 Å². The summed E-state index contributed by atoms with van der Waals surface area (Å²) < 4.78 is 5.64. The highest BCUT2D eigenvalue weighted by molar-refractivity contribution is 5.84. The van der Waals surface area contributed by atoms with E-state index in [4.69, 9.17) is 10.00 Å². The Kier molecular flexibility index (Phi) is 3.53. The van der Waals surface area contributed by atoms with Crippen molar-refractivity contribution in [3.63, 3.8) is 0 Å². The minimum absolute atomic E-state index is 0.304. The highest BCUT2D eigenvalue weighted by atomic mass is 16.5. The van der Waals surface area contributed by atoms with E-state index < -0.39 is 0 Å². The van der Waals surface area contributed by atoms with Gasteiger partial charge in [-0.15, -0.1) is 0 Å². The van der Waals surface area contributed by atoms with Gasteiger partial charge >= 0.3 is 0 Å². The van der Waals surface area contributed by atoms with Gasteiger partial charge in [-0.05, 0) is 31.3 Å². The quantitative estimate of drug-likeness (QED) is 0.864. The van der Waals surface area contributed by atoms with E-state index in [2.05, 4.69) is 16.4 Å². The molecule has 1 heterocycles. The number of likely N-dealkylation sites (N-methyl/N-ethyl adjacent to an activating group) is 1. The van der Waals surface area contributed by atoms with Crippen molar-refractivity contribution < 1.29 is 4.74 Å². The van der Waals surface area contributed by atoms with Crippen LogP contribution in [-0.4, -0.2) is 24.7 Å². The molecule has 2 aromatic rings. The van der Waals surface area contributed by atoms with Crippen molar-refractivity contribution in [3.05, 3.63) is 36.5 Å². The number of pyridine rings is 1. The van der Waals surface area contributed by atoms with Gasteiger partial charge < -0.3 is 10.1 Å². The molecular formula is C13H13N3O. The highest BCUT2D eigenvalue weighted by Gasteiger charge is 2.07. The van der Waals surface area contributed by atoms with E-state index >= 15 is 0 Å². The first-order valence-electron chi connectivity index (χ1n) is 5.38. The van der Waals surface area contributed by atoms with Crippen molar-refractivity contribution in [1.29, 1.82) is 5.26 Å². The highest BCUT2D eigenvalue weighted by Crippen LogP contribution is 2.23. The molecule has 1 N–H and O–H groups in total. The van der Waals surface area contributed by atoms with Crippen molar-refractivity contribution in [2.24, 2.45) is 0 Å². The van der Waals surface area contributed by atoms with Crippen LogP contribution in [0.15, 0.2) is 36.5 Å². The fourth-order valence-electron chi connectivity index (χ4n) is 1.56. The molecule has 1 aromatic carbocycles. The van der Waals surface area contributed by atoms with Gasteiger partial charge in [-0.1, -0.05) is 6.07 Å². The molecule has 17 heavy (non-hydrogen) atoms. The second-order valence-electron chi connectivity index (χ2n) is 3.61. The second-order valence-corrected chi connectivity index (χ2v) is 3.61. The number of aromatic nitrogens is 1. The summed E-state index contributed by atoms with van der Waals surface area (Å²) in [6.45, 7) is 0.320. The summed E-state index contributed by atoms with van der Waals surface area (Å²) in [5, 5.41) is 12.6. The average molecular weight is 227 g/mol. The van der Waals surface area contributed by atoms with Crippen LogP contribution in [0.2, 0.25) is 0 Å². The summed E-state index contributed by atoms with van der Waals surface area (Å²) in [5.41, 5.74) is 0.892. The van der Waals surface area contributed by atoms with Crippen molar-refractivity contribution >= 4 is 10.9 Å². The lowest BCUT2D eigenvalue weighted by molar-refractivity contribution is 0.298. The van der Waals surface area contributed by atoms with Crippen LogP contribution in [0.25, 0.3) is 10.9 Å². The minimum Gasteiger partial charge on any atom is -0.490 e. The van der Waals surface area contributed by atoms with E-state index in [0.29, 0.717) is 6.61 Å². The Bertz CT molecular complexity index is 542. The van der Waals surface area contributed by atoms with Crippen LogP contribution >= 0.6 is 0 Å². The Hall–Kier alpha value is -2.12. The fraction of sp³-hybridized carbons (Fsp3) is 0.231. The third-order valence-electron chi connectivity index (χ3n) is 2.52. The van der Waals surface area contributed by atoms with Gasteiger partial charge in [0.25, 0.3) is 0 Å². The van der Waals surface area contributed by atoms with Gasteiger partial charge in [-0.2, -0.15) is 5.26 Å². The number of nitrogens with zero attached hydrogens (tertiary/aromatic N) is 2. The summed E-state index contributed by atoms with van der Waals surface area (Å²) in [6.07, 6.45) is 1.75. The van der Waals surface area contributed by atoms with E-state index in [1.165, 1.54) is 0 Å². The molecule has 0 saturated heterocycles. The Balaban J connectivity index is 2.22. The van der Waals surface area contributed by atoms with Crippen molar-refractivity contribution in [2.75, 3.05) is 13.7 Å². The van der Waals surface area contributed by atoms with E-state index in [-0.39, 0.29) is 6.04 Å². The third-order valence-corrected chi connectivity index (χ3v) is 2.52. The Labute approximate surface area is 99.8 Å². The molecule has 0 aliphatic carbocycles. The zero-order valence-electron chi connectivity index (χ0n) is 9.55. The number of hydrogen-bond acceptors (Lipinski definition) is 4. The topological polar surface area (TPSA) is 57.9 Å². The maximum absolute atomic E-state index is 8.81. The predicted octanol–water partition coefficient (Wildman–Crippen LogP) is 1.73. The summed E-state index contributed by atoms with van der Waals surface area (Å²) in [4.78, 5) is 4.25. The average Bonchev–Trinajstić information content (AvgIpc) is 2.40. The molecule has 0 saturated carbocycles. The maximum atomic E-state index is 8.81. The summed E-state index contributed by atoms with van der Waals surface area (Å²) >= 11 is 0. The van der Waals surface area contributed by atoms with Crippen molar-refractivity contribution in [1.82, 2.24) is 10.3 Å². The van der Waals surface area contributed by atoms with Gasteiger partial charge in [-0.25, -0.2) is 0 Å². The van der Waals surface area contributed by atoms with Gasteiger partial charge in [-0.3, -0.25) is 4.98 Å². The van der Waals surface area contributed by atoms with E-state index in [1.54, 1.807) is 13.2 Å². The van der Waals surface area contributed by atoms with Crippen molar-refractivity contribution in [2.45, 2.75) is 6.04 Å². The van der Waals surface area contributed by atoms with Gasteiger partial charge in [0.1, 0.15) is 18.4 Å². The number of rotatable bonds is 4. The molecule has 0 bridgehead atoms. The third kappa shape index (κ3) is 2.52. The number of nitrogens with one attached hydrogen (secondary N) is 1. The molecule has 0 amide bonds. The second kappa shape index (κ2) is 5.28. The predicted molar refractivity (Wildman–Crippen MR) is 65.7 cm³/mol. The molecule has 0 spiro atoms. The number of nitriles is 1. The first-order valence-corrected chi connectivity index (χ1v) is 5.38. The number of fused-ring (bicyclic) bond motifs is 1. The van der Waals surface area contributed by atoms with Crippen LogP contribution in [0.3, 0.4) is 0 Å². The SMILES string of the molecule is CNC(C#N)COc1cccc2ncccc12. The van der Waals surface area contributed by atoms with Gasteiger partial charge in [0.05, 0.1) is 11.6 Å². The van der Waals surface area contributed by atoms with Crippen LogP contribution in [0.4, 0.5) is 0 Å². The van der Waals surface area contributed by atoms with Crippen LogP contribution in [0.1, 0.15) is 0 Å². The Morgan fingerprint density at radius 1 is 1.41 bits per heavy atom. The smallest absolute Gasteiger partial charge is 0.129 e. The monoisotopic (exact) mass is 227 g/mol. The molecule has 0 radical (unpaired) electrons. The lowest BCUT2D eigenvalue weighted by Gasteiger charge is -2.11. The standard InChI is InChI=1S/C13H13N3O/c1-15-10(8-14)9-17-13-6-2-5-12-11(13)4-3-7-16-12/h2-7,10,15H,9H2,1H3. The van der Waals surface area contributed by atoms with Crippen LogP contribution in [-0.2, 0) is 0 Å². The largest absolute Gasteiger partial charge is 0.490 e. The molecule has 4 heteroatoms. The summed E-state index contributed by atoms with van der Waals surface area (Å²) in [6, 6.07) is 11.4. The Morgan fingerprint density at radius 2 is 2.29 bits per heavy atom. The molecule has 0 aliphatic heterocycles. The lowest BCUT2D eigenvalue weighted by atomic mass is 10.2. The first-order chi connectivity index (χ1) is 8.35.